The molecule has 0 saturated heterocycles. The summed E-state index contributed by atoms with van der Waals surface area (Å²) in [6.07, 6.45) is 0.200. The van der Waals surface area contributed by atoms with Gasteiger partial charge in [-0.25, -0.2) is 0 Å². The van der Waals surface area contributed by atoms with E-state index in [4.69, 9.17) is 0 Å². The molecule has 1 amide bonds. The van der Waals surface area contributed by atoms with Gasteiger partial charge in [0.25, 0.3) is 5.91 Å². The molecule has 0 bridgehead atoms. The number of carbonyl (C=O) groups excluding carboxylic acids is 2. The number of rotatable bonds is 5. The Balaban J connectivity index is 2.77. The largest absolute Gasteiger partial charge is 0.469 e. The Hall–Kier alpha value is -1.85. The number of ether oxygens (including phenoxy) is 1. The standard InChI is InChI=1S/C12H19N3O3/c1-5-15(7-6-10(16)18-4)12(17)11-8(2)13-14-9(11)3/h5-7H2,1-4H3,(H,13,14). The first-order valence-corrected chi connectivity index (χ1v) is 5.88. The molecule has 0 aliphatic heterocycles. The van der Waals surface area contributed by atoms with E-state index in [1.54, 1.807) is 18.7 Å². The number of nitrogens with one attached hydrogen (secondary N) is 1. The van der Waals surface area contributed by atoms with Crippen LogP contribution in [0.4, 0.5) is 0 Å². The summed E-state index contributed by atoms with van der Waals surface area (Å²) in [6.45, 7) is 6.36. The maximum atomic E-state index is 12.3. The molecule has 0 saturated carbocycles. The number of aromatic amines is 1. The van der Waals surface area contributed by atoms with E-state index in [2.05, 4.69) is 14.9 Å². The van der Waals surface area contributed by atoms with Crippen LogP contribution in [0.3, 0.4) is 0 Å². The van der Waals surface area contributed by atoms with E-state index in [1.165, 1.54) is 7.11 Å². The summed E-state index contributed by atoms with van der Waals surface area (Å²) in [5.74, 6) is -0.424. The highest BCUT2D eigenvalue weighted by atomic mass is 16.5. The van der Waals surface area contributed by atoms with Gasteiger partial charge in [-0.1, -0.05) is 0 Å². The number of methoxy groups -OCH3 is 1. The van der Waals surface area contributed by atoms with Crippen molar-refractivity contribution in [1.29, 1.82) is 0 Å². The third-order valence-corrected chi connectivity index (χ3v) is 2.82. The lowest BCUT2D eigenvalue weighted by Crippen LogP contribution is -2.33. The molecule has 0 fully saturated rings. The van der Waals surface area contributed by atoms with Gasteiger partial charge in [0, 0.05) is 18.8 Å². The molecule has 0 unspecified atom stereocenters. The van der Waals surface area contributed by atoms with Crippen LogP contribution in [-0.2, 0) is 9.53 Å². The monoisotopic (exact) mass is 253 g/mol. The molecule has 0 aromatic carbocycles. The number of H-pyrrole nitrogens is 1. The molecule has 0 aliphatic carbocycles. The average Bonchev–Trinajstić information content (AvgIpc) is 2.69. The lowest BCUT2D eigenvalue weighted by Gasteiger charge is -2.20. The van der Waals surface area contributed by atoms with E-state index in [0.29, 0.717) is 24.3 Å². The van der Waals surface area contributed by atoms with Crippen LogP contribution < -0.4 is 0 Å². The minimum atomic E-state index is -0.318. The van der Waals surface area contributed by atoms with Crippen molar-refractivity contribution in [2.75, 3.05) is 20.2 Å². The number of hydrogen-bond donors (Lipinski definition) is 1. The van der Waals surface area contributed by atoms with Gasteiger partial charge in [-0.2, -0.15) is 5.10 Å². The maximum Gasteiger partial charge on any atom is 0.307 e. The summed E-state index contributed by atoms with van der Waals surface area (Å²) in [7, 11) is 1.34. The van der Waals surface area contributed by atoms with Crippen molar-refractivity contribution in [1.82, 2.24) is 15.1 Å². The fourth-order valence-electron chi connectivity index (χ4n) is 1.76. The molecule has 0 radical (unpaired) electrons. The van der Waals surface area contributed by atoms with Crippen LogP contribution in [0.25, 0.3) is 0 Å². The number of aromatic nitrogens is 2. The molecule has 18 heavy (non-hydrogen) atoms. The second-order valence-corrected chi connectivity index (χ2v) is 4.02. The Morgan fingerprint density at radius 3 is 2.50 bits per heavy atom. The molecule has 1 heterocycles. The highest BCUT2D eigenvalue weighted by Gasteiger charge is 2.21. The average molecular weight is 253 g/mol. The van der Waals surface area contributed by atoms with Crippen LogP contribution in [0.5, 0.6) is 0 Å². The van der Waals surface area contributed by atoms with Gasteiger partial charge in [0.2, 0.25) is 0 Å². The summed E-state index contributed by atoms with van der Waals surface area (Å²) < 4.78 is 4.57. The summed E-state index contributed by atoms with van der Waals surface area (Å²) in [4.78, 5) is 25.0. The van der Waals surface area contributed by atoms with E-state index in [0.717, 1.165) is 5.69 Å². The molecule has 1 aromatic heterocycles. The van der Waals surface area contributed by atoms with Crippen LogP contribution in [0.15, 0.2) is 0 Å². The number of carbonyl (C=O) groups is 2. The van der Waals surface area contributed by atoms with Gasteiger partial charge in [0.1, 0.15) is 0 Å². The number of aryl methyl sites for hydroxylation is 2. The van der Waals surface area contributed by atoms with Crippen LogP contribution >= 0.6 is 0 Å². The van der Waals surface area contributed by atoms with Crippen molar-refractivity contribution in [2.24, 2.45) is 0 Å². The number of nitrogens with zero attached hydrogens (tertiary/aromatic N) is 2. The molecular formula is C12H19N3O3. The third kappa shape index (κ3) is 3.09. The van der Waals surface area contributed by atoms with Crippen molar-refractivity contribution in [2.45, 2.75) is 27.2 Å². The fraction of sp³-hybridized carbons (Fsp3) is 0.583. The Morgan fingerprint density at radius 1 is 1.39 bits per heavy atom. The molecule has 6 nitrogen and oxygen atoms in total. The SMILES string of the molecule is CCN(CCC(=O)OC)C(=O)c1c(C)n[nH]c1C. The van der Waals surface area contributed by atoms with Crippen molar-refractivity contribution >= 4 is 11.9 Å². The molecular weight excluding hydrogens is 234 g/mol. The fourth-order valence-corrected chi connectivity index (χ4v) is 1.76. The summed E-state index contributed by atoms with van der Waals surface area (Å²) in [5.41, 5.74) is 2.00. The van der Waals surface area contributed by atoms with Gasteiger partial charge in [-0.15, -0.1) is 0 Å². The highest BCUT2D eigenvalue weighted by Crippen LogP contribution is 2.13. The number of hydrogen-bond acceptors (Lipinski definition) is 4. The first-order valence-electron chi connectivity index (χ1n) is 5.88. The Bertz CT molecular complexity index is 420. The van der Waals surface area contributed by atoms with Gasteiger partial charge < -0.3 is 9.64 Å². The Kier molecular flexibility index (Phi) is 4.88. The first-order chi connectivity index (χ1) is 8.51. The van der Waals surface area contributed by atoms with Crippen LogP contribution in [0.1, 0.15) is 35.1 Å². The van der Waals surface area contributed by atoms with E-state index >= 15 is 0 Å². The molecule has 0 spiro atoms. The van der Waals surface area contributed by atoms with Gasteiger partial charge in [0.05, 0.1) is 24.8 Å². The highest BCUT2D eigenvalue weighted by molar-refractivity contribution is 5.96. The van der Waals surface area contributed by atoms with Gasteiger partial charge >= 0.3 is 5.97 Å². The summed E-state index contributed by atoms with van der Waals surface area (Å²) in [6, 6.07) is 0. The normalized spacial score (nSPS) is 10.2. The van der Waals surface area contributed by atoms with E-state index in [-0.39, 0.29) is 18.3 Å². The smallest absolute Gasteiger partial charge is 0.307 e. The lowest BCUT2D eigenvalue weighted by molar-refractivity contribution is -0.140. The van der Waals surface area contributed by atoms with E-state index in [1.807, 2.05) is 6.92 Å². The maximum absolute atomic E-state index is 12.3. The van der Waals surface area contributed by atoms with Crippen LogP contribution in [-0.4, -0.2) is 47.2 Å². The topological polar surface area (TPSA) is 75.3 Å². The third-order valence-electron chi connectivity index (χ3n) is 2.82. The molecule has 1 aromatic rings. The minimum Gasteiger partial charge on any atom is -0.469 e. The van der Waals surface area contributed by atoms with E-state index in [9.17, 15) is 9.59 Å². The predicted octanol–water partition coefficient (Wildman–Crippen LogP) is 1.05. The second kappa shape index (κ2) is 6.18. The predicted molar refractivity (Wildman–Crippen MR) is 66.3 cm³/mol. The number of esters is 1. The van der Waals surface area contributed by atoms with Crippen LogP contribution in [0, 0.1) is 13.8 Å². The molecule has 6 heteroatoms. The molecule has 100 valence electrons. The second-order valence-electron chi connectivity index (χ2n) is 4.02. The lowest BCUT2D eigenvalue weighted by atomic mass is 10.1. The zero-order chi connectivity index (χ0) is 13.7. The molecule has 1 rings (SSSR count). The van der Waals surface area contributed by atoms with Crippen molar-refractivity contribution in [3.05, 3.63) is 17.0 Å². The van der Waals surface area contributed by atoms with Crippen molar-refractivity contribution in [3.63, 3.8) is 0 Å². The zero-order valence-corrected chi connectivity index (χ0v) is 11.2. The first kappa shape index (κ1) is 14.2. The summed E-state index contributed by atoms with van der Waals surface area (Å²) in [5, 5.41) is 6.78. The number of amides is 1. The zero-order valence-electron chi connectivity index (χ0n) is 11.2. The Labute approximate surface area is 106 Å². The Morgan fingerprint density at radius 2 is 2.06 bits per heavy atom. The van der Waals surface area contributed by atoms with Crippen molar-refractivity contribution < 1.29 is 14.3 Å². The summed E-state index contributed by atoms with van der Waals surface area (Å²) >= 11 is 0. The van der Waals surface area contributed by atoms with Gasteiger partial charge in [-0.05, 0) is 20.8 Å². The van der Waals surface area contributed by atoms with Gasteiger partial charge in [-0.3, -0.25) is 14.7 Å². The van der Waals surface area contributed by atoms with E-state index < -0.39 is 0 Å². The molecule has 0 aliphatic rings. The van der Waals surface area contributed by atoms with Crippen molar-refractivity contribution in [3.8, 4) is 0 Å². The minimum absolute atomic E-state index is 0.106. The van der Waals surface area contributed by atoms with Crippen LogP contribution in [0.2, 0.25) is 0 Å². The quantitative estimate of drug-likeness (QED) is 0.796. The van der Waals surface area contributed by atoms with Gasteiger partial charge in [0.15, 0.2) is 0 Å². The molecule has 0 atom stereocenters. The molecule has 1 N–H and O–H groups in total.